The Kier molecular flexibility index (Phi) is 4.43. The standard InChI is InChI=1S/C8H7Br2ClO2S/c9-8(10)14(12,13)5-6-2-1-3-7(11)4-6/h1-4,8H,5H2. The van der Waals surface area contributed by atoms with Crippen LogP contribution in [0.2, 0.25) is 5.02 Å². The molecule has 0 spiro atoms. The number of hydrogen-bond acceptors (Lipinski definition) is 2. The van der Waals surface area contributed by atoms with Crippen molar-refractivity contribution >= 4 is 53.3 Å². The van der Waals surface area contributed by atoms with Gasteiger partial charge < -0.3 is 0 Å². The number of sulfone groups is 1. The summed E-state index contributed by atoms with van der Waals surface area (Å²) in [5, 5.41) is 0.540. The Bertz CT molecular complexity index is 417. The summed E-state index contributed by atoms with van der Waals surface area (Å²) in [6.07, 6.45) is 0. The summed E-state index contributed by atoms with van der Waals surface area (Å²) < 4.78 is 22.2. The first-order valence-electron chi connectivity index (χ1n) is 3.66. The van der Waals surface area contributed by atoms with Crippen LogP contribution in [-0.2, 0) is 15.6 Å². The van der Waals surface area contributed by atoms with Gasteiger partial charge in [0.25, 0.3) is 0 Å². The van der Waals surface area contributed by atoms with Gasteiger partial charge in [0.1, 0.15) is 0 Å². The Morgan fingerprint density at radius 2 is 2.00 bits per heavy atom. The lowest BCUT2D eigenvalue weighted by molar-refractivity contribution is 0.599. The predicted octanol–water partition coefficient (Wildman–Crippen LogP) is 3.33. The van der Waals surface area contributed by atoms with Crippen molar-refractivity contribution in [1.29, 1.82) is 0 Å². The molecule has 0 aliphatic heterocycles. The van der Waals surface area contributed by atoms with Crippen LogP contribution < -0.4 is 0 Å². The molecule has 2 nitrogen and oxygen atoms in total. The monoisotopic (exact) mass is 360 g/mol. The quantitative estimate of drug-likeness (QED) is 0.773. The predicted molar refractivity (Wildman–Crippen MR) is 65.7 cm³/mol. The molecular formula is C8H7Br2ClO2S. The fraction of sp³-hybridized carbons (Fsp3) is 0.250. The van der Waals surface area contributed by atoms with Crippen molar-refractivity contribution in [3.8, 4) is 0 Å². The zero-order valence-electron chi connectivity index (χ0n) is 6.95. The van der Waals surface area contributed by atoms with Crippen molar-refractivity contribution in [3.63, 3.8) is 0 Å². The number of benzene rings is 1. The maximum atomic E-state index is 11.5. The molecule has 0 heterocycles. The van der Waals surface area contributed by atoms with Crippen molar-refractivity contribution in [2.24, 2.45) is 0 Å². The summed E-state index contributed by atoms with van der Waals surface area (Å²) in [5.74, 6) is -0.0330. The third-order valence-electron chi connectivity index (χ3n) is 1.53. The summed E-state index contributed by atoms with van der Waals surface area (Å²) in [7, 11) is -3.19. The maximum absolute atomic E-state index is 11.5. The lowest BCUT2D eigenvalue weighted by Crippen LogP contribution is -2.10. The third kappa shape index (κ3) is 3.53. The smallest absolute Gasteiger partial charge is 0.177 e. The van der Waals surface area contributed by atoms with Crippen LogP contribution >= 0.6 is 43.5 Å². The molecule has 0 aliphatic carbocycles. The van der Waals surface area contributed by atoms with Gasteiger partial charge in [-0.3, -0.25) is 0 Å². The minimum atomic E-state index is -3.19. The fourth-order valence-corrected chi connectivity index (χ4v) is 2.70. The molecule has 0 aliphatic rings. The topological polar surface area (TPSA) is 34.1 Å². The van der Waals surface area contributed by atoms with Gasteiger partial charge in [0.15, 0.2) is 12.9 Å². The van der Waals surface area contributed by atoms with E-state index >= 15 is 0 Å². The normalized spacial score (nSPS) is 12.0. The maximum Gasteiger partial charge on any atom is 0.177 e. The van der Waals surface area contributed by atoms with E-state index in [1.807, 2.05) is 0 Å². The molecule has 0 radical (unpaired) electrons. The highest BCUT2D eigenvalue weighted by Gasteiger charge is 2.19. The van der Waals surface area contributed by atoms with Gasteiger partial charge in [-0.2, -0.15) is 0 Å². The summed E-state index contributed by atoms with van der Waals surface area (Å²) >= 11 is 11.7. The summed E-state index contributed by atoms with van der Waals surface area (Å²) in [5.41, 5.74) is 0.682. The van der Waals surface area contributed by atoms with Crippen LogP contribution in [0.1, 0.15) is 5.56 Å². The lowest BCUT2D eigenvalue weighted by Gasteiger charge is -2.05. The molecule has 0 amide bonds. The van der Waals surface area contributed by atoms with Crippen LogP contribution in [-0.4, -0.2) is 11.5 Å². The van der Waals surface area contributed by atoms with Gasteiger partial charge in [0, 0.05) is 5.02 Å². The first kappa shape index (κ1) is 12.5. The van der Waals surface area contributed by atoms with E-state index in [1.54, 1.807) is 24.3 Å². The molecule has 0 saturated heterocycles. The summed E-state index contributed by atoms with van der Waals surface area (Å²) in [4.78, 5) is 0. The van der Waals surface area contributed by atoms with Crippen molar-refractivity contribution in [3.05, 3.63) is 34.9 Å². The molecule has 78 valence electrons. The SMILES string of the molecule is O=S(=O)(Cc1cccc(Cl)c1)C(Br)Br. The van der Waals surface area contributed by atoms with E-state index in [0.717, 1.165) is 0 Å². The van der Waals surface area contributed by atoms with Gasteiger partial charge >= 0.3 is 0 Å². The lowest BCUT2D eigenvalue weighted by atomic mass is 10.2. The molecular weight excluding hydrogens is 355 g/mol. The molecule has 0 saturated carbocycles. The average Bonchev–Trinajstić information content (AvgIpc) is 2.02. The average molecular weight is 362 g/mol. The molecule has 1 aromatic carbocycles. The van der Waals surface area contributed by atoms with Crippen LogP contribution in [0.4, 0.5) is 0 Å². The molecule has 1 aromatic rings. The number of alkyl halides is 2. The van der Waals surface area contributed by atoms with Gasteiger partial charge in [0.05, 0.1) is 5.75 Å². The minimum Gasteiger partial charge on any atom is -0.226 e. The van der Waals surface area contributed by atoms with Gasteiger partial charge in [-0.15, -0.1) is 0 Å². The Labute approximate surface area is 105 Å². The highest BCUT2D eigenvalue weighted by molar-refractivity contribution is 9.27. The Morgan fingerprint density at radius 1 is 1.36 bits per heavy atom. The molecule has 0 aromatic heterocycles. The van der Waals surface area contributed by atoms with E-state index < -0.39 is 12.9 Å². The fourth-order valence-electron chi connectivity index (χ4n) is 0.922. The summed E-state index contributed by atoms with van der Waals surface area (Å²) in [6.45, 7) is 0. The van der Waals surface area contributed by atoms with E-state index in [-0.39, 0.29) is 5.75 Å². The first-order valence-corrected chi connectivity index (χ1v) is 7.58. The Morgan fingerprint density at radius 3 is 2.50 bits per heavy atom. The number of hydrogen-bond donors (Lipinski definition) is 0. The van der Waals surface area contributed by atoms with Crippen molar-refractivity contribution in [1.82, 2.24) is 0 Å². The largest absolute Gasteiger partial charge is 0.226 e. The highest BCUT2D eigenvalue weighted by Crippen LogP contribution is 2.22. The van der Waals surface area contributed by atoms with Gasteiger partial charge in [0.2, 0.25) is 0 Å². The first-order chi connectivity index (χ1) is 6.42. The second kappa shape index (κ2) is 4.96. The van der Waals surface area contributed by atoms with E-state index in [1.165, 1.54) is 0 Å². The van der Waals surface area contributed by atoms with Crippen molar-refractivity contribution in [2.45, 2.75) is 8.82 Å². The molecule has 14 heavy (non-hydrogen) atoms. The Balaban J connectivity index is 2.90. The van der Waals surface area contributed by atoms with Crippen LogP contribution in [0.15, 0.2) is 24.3 Å². The van der Waals surface area contributed by atoms with E-state index in [4.69, 9.17) is 11.6 Å². The highest BCUT2D eigenvalue weighted by atomic mass is 79.9. The number of rotatable bonds is 3. The van der Waals surface area contributed by atoms with Crippen LogP contribution in [0.3, 0.4) is 0 Å². The van der Waals surface area contributed by atoms with Gasteiger partial charge in [-0.1, -0.05) is 55.6 Å². The van der Waals surface area contributed by atoms with Crippen LogP contribution in [0.25, 0.3) is 0 Å². The molecule has 0 unspecified atom stereocenters. The van der Waals surface area contributed by atoms with E-state index in [9.17, 15) is 8.42 Å². The molecule has 6 heteroatoms. The number of halogens is 3. The van der Waals surface area contributed by atoms with Crippen LogP contribution in [0, 0.1) is 0 Å². The van der Waals surface area contributed by atoms with Gasteiger partial charge in [-0.05, 0) is 17.7 Å². The molecule has 0 fully saturated rings. The second-order valence-corrected chi connectivity index (χ2v) is 9.49. The zero-order chi connectivity index (χ0) is 10.8. The minimum absolute atomic E-state index is 0.0330. The summed E-state index contributed by atoms with van der Waals surface area (Å²) in [6, 6.07) is 6.80. The third-order valence-corrected chi connectivity index (χ3v) is 6.46. The Hall–Kier alpha value is 0.420. The van der Waals surface area contributed by atoms with Crippen LogP contribution in [0.5, 0.6) is 0 Å². The molecule has 0 bridgehead atoms. The zero-order valence-corrected chi connectivity index (χ0v) is 11.7. The van der Waals surface area contributed by atoms with E-state index in [0.29, 0.717) is 10.6 Å². The molecule has 0 atom stereocenters. The van der Waals surface area contributed by atoms with Crippen molar-refractivity contribution < 1.29 is 8.42 Å². The van der Waals surface area contributed by atoms with Gasteiger partial charge in [-0.25, -0.2) is 8.42 Å². The molecule has 1 rings (SSSR count). The van der Waals surface area contributed by atoms with Crippen molar-refractivity contribution in [2.75, 3.05) is 0 Å². The second-order valence-electron chi connectivity index (χ2n) is 2.70. The van der Waals surface area contributed by atoms with E-state index in [2.05, 4.69) is 31.9 Å². The molecule has 0 N–H and O–H groups in total.